The fraction of sp³-hybridized carbons (Fsp3) is 0.533. The molecule has 0 aliphatic carbocycles. The van der Waals surface area contributed by atoms with E-state index >= 15 is 0 Å². The van der Waals surface area contributed by atoms with Crippen molar-refractivity contribution in [3.63, 3.8) is 0 Å². The quantitative estimate of drug-likeness (QED) is 0.742. The van der Waals surface area contributed by atoms with Crippen molar-refractivity contribution in [3.8, 4) is 0 Å². The summed E-state index contributed by atoms with van der Waals surface area (Å²) < 4.78 is 5.41. The molecule has 17 heavy (non-hydrogen) atoms. The summed E-state index contributed by atoms with van der Waals surface area (Å²) >= 11 is 0. The highest BCUT2D eigenvalue weighted by Crippen LogP contribution is 2.25. The number of ether oxygens (including phenoxy) is 1. The topological polar surface area (TPSA) is 26.3 Å². The molecule has 0 saturated carbocycles. The van der Waals surface area contributed by atoms with Gasteiger partial charge < -0.3 is 4.74 Å². The number of ketones is 1. The van der Waals surface area contributed by atoms with E-state index in [0.717, 1.165) is 11.1 Å². The SMILES string of the molecule is CCOCc1cc(C(C)=O)cc(C(C)(C)C)c1. The fourth-order valence-corrected chi connectivity index (χ4v) is 1.63. The minimum atomic E-state index is 0.0480. The van der Waals surface area contributed by atoms with Crippen molar-refractivity contribution in [2.45, 2.75) is 46.6 Å². The summed E-state index contributed by atoms with van der Waals surface area (Å²) in [7, 11) is 0. The number of hydrogen-bond donors (Lipinski definition) is 0. The first-order valence-corrected chi connectivity index (χ1v) is 6.07. The third-order valence-electron chi connectivity index (χ3n) is 2.74. The van der Waals surface area contributed by atoms with Crippen LogP contribution in [0.4, 0.5) is 0 Å². The lowest BCUT2D eigenvalue weighted by atomic mass is 9.84. The zero-order chi connectivity index (χ0) is 13.1. The molecule has 0 heterocycles. The Balaban J connectivity index is 3.14. The van der Waals surface area contributed by atoms with Gasteiger partial charge in [-0.05, 0) is 42.5 Å². The largest absolute Gasteiger partial charge is 0.377 e. The molecule has 0 fully saturated rings. The van der Waals surface area contributed by atoms with Crippen molar-refractivity contribution in [3.05, 3.63) is 34.9 Å². The van der Waals surface area contributed by atoms with Crippen LogP contribution in [0.5, 0.6) is 0 Å². The molecule has 0 amide bonds. The Morgan fingerprint density at radius 2 is 1.88 bits per heavy atom. The van der Waals surface area contributed by atoms with E-state index in [1.807, 2.05) is 19.1 Å². The van der Waals surface area contributed by atoms with Gasteiger partial charge in [0.25, 0.3) is 0 Å². The molecule has 0 aromatic heterocycles. The van der Waals surface area contributed by atoms with Gasteiger partial charge in [0, 0.05) is 12.2 Å². The number of carbonyl (C=O) groups is 1. The molecule has 2 nitrogen and oxygen atoms in total. The summed E-state index contributed by atoms with van der Waals surface area (Å²) in [5, 5.41) is 0. The van der Waals surface area contributed by atoms with E-state index in [4.69, 9.17) is 4.74 Å². The molecule has 0 saturated heterocycles. The standard InChI is InChI=1S/C15H22O2/c1-6-17-10-12-7-13(11(2)16)9-14(8-12)15(3,4)5/h7-9H,6,10H2,1-5H3. The second kappa shape index (κ2) is 5.46. The van der Waals surface area contributed by atoms with Gasteiger partial charge in [0.15, 0.2) is 5.78 Å². The van der Waals surface area contributed by atoms with Gasteiger partial charge in [0.1, 0.15) is 0 Å². The van der Waals surface area contributed by atoms with Gasteiger partial charge in [0.05, 0.1) is 6.61 Å². The third kappa shape index (κ3) is 3.97. The molecule has 0 bridgehead atoms. The summed E-state index contributed by atoms with van der Waals surface area (Å²) in [6.45, 7) is 11.3. The lowest BCUT2D eigenvalue weighted by Gasteiger charge is -2.21. The van der Waals surface area contributed by atoms with E-state index in [0.29, 0.717) is 13.2 Å². The number of benzene rings is 1. The maximum absolute atomic E-state index is 11.5. The molecular formula is C15H22O2. The molecule has 0 atom stereocenters. The minimum Gasteiger partial charge on any atom is -0.377 e. The zero-order valence-corrected chi connectivity index (χ0v) is 11.5. The van der Waals surface area contributed by atoms with Crippen LogP contribution in [-0.4, -0.2) is 12.4 Å². The highest BCUT2D eigenvalue weighted by Gasteiger charge is 2.16. The predicted octanol–water partition coefficient (Wildman–Crippen LogP) is 3.72. The second-order valence-corrected chi connectivity index (χ2v) is 5.36. The number of carbonyl (C=O) groups excluding carboxylic acids is 1. The number of Topliss-reactive ketones (excluding diaryl/α,β-unsaturated/α-hetero) is 1. The molecule has 0 spiro atoms. The molecule has 2 heteroatoms. The van der Waals surface area contributed by atoms with Crippen molar-refractivity contribution in [1.82, 2.24) is 0 Å². The Bertz CT molecular complexity index is 400. The van der Waals surface area contributed by atoms with E-state index in [1.165, 1.54) is 5.56 Å². The van der Waals surface area contributed by atoms with E-state index in [9.17, 15) is 4.79 Å². The highest BCUT2D eigenvalue weighted by atomic mass is 16.5. The van der Waals surface area contributed by atoms with Gasteiger partial charge in [-0.3, -0.25) is 4.79 Å². The maximum Gasteiger partial charge on any atom is 0.159 e. The number of hydrogen-bond acceptors (Lipinski definition) is 2. The molecule has 1 aromatic rings. The monoisotopic (exact) mass is 234 g/mol. The summed E-state index contributed by atoms with van der Waals surface area (Å²) in [5.74, 6) is 0.105. The van der Waals surface area contributed by atoms with Crippen molar-refractivity contribution in [1.29, 1.82) is 0 Å². The first-order valence-electron chi connectivity index (χ1n) is 6.07. The molecule has 94 valence electrons. The summed E-state index contributed by atoms with van der Waals surface area (Å²) in [6.07, 6.45) is 0. The van der Waals surface area contributed by atoms with Gasteiger partial charge in [-0.25, -0.2) is 0 Å². The second-order valence-electron chi connectivity index (χ2n) is 5.36. The van der Waals surface area contributed by atoms with E-state index < -0.39 is 0 Å². The van der Waals surface area contributed by atoms with Crippen LogP contribution in [0, 0.1) is 0 Å². The van der Waals surface area contributed by atoms with Gasteiger partial charge in [-0.1, -0.05) is 26.8 Å². The van der Waals surface area contributed by atoms with E-state index in [1.54, 1.807) is 6.92 Å². The van der Waals surface area contributed by atoms with E-state index in [-0.39, 0.29) is 11.2 Å². The van der Waals surface area contributed by atoms with Crippen LogP contribution in [-0.2, 0) is 16.8 Å². The summed E-state index contributed by atoms with van der Waals surface area (Å²) in [5.41, 5.74) is 3.07. The average molecular weight is 234 g/mol. The molecule has 0 aliphatic heterocycles. The molecule has 1 aromatic carbocycles. The molecule has 0 N–H and O–H groups in total. The van der Waals surface area contributed by atoms with Gasteiger partial charge >= 0.3 is 0 Å². The van der Waals surface area contributed by atoms with E-state index in [2.05, 4.69) is 26.8 Å². The van der Waals surface area contributed by atoms with Crippen LogP contribution in [0.25, 0.3) is 0 Å². The maximum atomic E-state index is 11.5. The molecule has 1 rings (SSSR count). The lowest BCUT2D eigenvalue weighted by Crippen LogP contribution is -2.13. The van der Waals surface area contributed by atoms with Gasteiger partial charge in [-0.2, -0.15) is 0 Å². The fourth-order valence-electron chi connectivity index (χ4n) is 1.63. The normalized spacial score (nSPS) is 11.6. The molecular weight excluding hydrogens is 212 g/mol. The zero-order valence-electron chi connectivity index (χ0n) is 11.5. The first-order chi connectivity index (χ1) is 7.84. The molecule has 0 radical (unpaired) electrons. The smallest absolute Gasteiger partial charge is 0.159 e. The van der Waals surface area contributed by atoms with Crippen LogP contribution in [0.1, 0.15) is 56.1 Å². The van der Waals surface area contributed by atoms with Crippen molar-refractivity contribution in [2.75, 3.05) is 6.61 Å². The highest BCUT2D eigenvalue weighted by molar-refractivity contribution is 5.94. The van der Waals surface area contributed by atoms with Crippen molar-refractivity contribution < 1.29 is 9.53 Å². The first kappa shape index (κ1) is 13.9. The van der Waals surface area contributed by atoms with Crippen molar-refractivity contribution >= 4 is 5.78 Å². The Morgan fingerprint density at radius 1 is 1.24 bits per heavy atom. The van der Waals surface area contributed by atoms with Crippen LogP contribution in [0.3, 0.4) is 0 Å². The Hall–Kier alpha value is -1.15. The summed E-state index contributed by atoms with van der Waals surface area (Å²) in [4.78, 5) is 11.5. The minimum absolute atomic E-state index is 0.0480. The molecule has 0 unspecified atom stereocenters. The summed E-state index contributed by atoms with van der Waals surface area (Å²) in [6, 6.07) is 6.03. The predicted molar refractivity (Wildman–Crippen MR) is 70.5 cm³/mol. The van der Waals surface area contributed by atoms with Crippen LogP contribution < -0.4 is 0 Å². The average Bonchev–Trinajstić information content (AvgIpc) is 2.24. The van der Waals surface area contributed by atoms with Gasteiger partial charge in [-0.15, -0.1) is 0 Å². The molecule has 0 aliphatic rings. The Kier molecular flexibility index (Phi) is 4.47. The van der Waals surface area contributed by atoms with Crippen LogP contribution in [0.2, 0.25) is 0 Å². The number of rotatable bonds is 4. The van der Waals surface area contributed by atoms with Gasteiger partial charge in [0.2, 0.25) is 0 Å². The Morgan fingerprint density at radius 3 is 2.35 bits per heavy atom. The van der Waals surface area contributed by atoms with Crippen molar-refractivity contribution in [2.24, 2.45) is 0 Å². The van der Waals surface area contributed by atoms with Crippen LogP contribution in [0.15, 0.2) is 18.2 Å². The lowest BCUT2D eigenvalue weighted by molar-refractivity contribution is 0.101. The third-order valence-corrected chi connectivity index (χ3v) is 2.74. The van der Waals surface area contributed by atoms with Crippen LogP contribution >= 0.6 is 0 Å². The Labute approximate surface area is 104 Å².